The zero-order valence-corrected chi connectivity index (χ0v) is 7.51. The van der Waals surface area contributed by atoms with E-state index in [2.05, 4.69) is 20.1 Å². The molecule has 0 atom stereocenters. The molecule has 6 nitrogen and oxygen atoms in total. The Morgan fingerprint density at radius 1 is 0.917 bits per heavy atom. The number of hydrogen-bond donors (Lipinski definition) is 0. The van der Waals surface area contributed by atoms with Gasteiger partial charge >= 0.3 is 0 Å². The molecular weight excluding hydrogens is 156 g/mol. The highest BCUT2D eigenvalue weighted by atomic mass is 15.1. The Morgan fingerprint density at radius 3 is 1.33 bits per heavy atom. The third-order valence-corrected chi connectivity index (χ3v) is 0.774. The van der Waals surface area contributed by atoms with Gasteiger partial charge in [0.2, 0.25) is 0 Å². The van der Waals surface area contributed by atoms with E-state index in [9.17, 15) is 0 Å². The van der Waals surface area contributed by atoms with E-state index in [0.717, 1.165) is 12.8 Å². The molecule has 0 saturated carbocycles. The average molecular weight is 170 g/mol. The van der Waals surface area contributed by atoms with Gasteiger partial charge in [-0.2, -0.15) is 0 Å². The van der Waals surface area contributed by atoms with Gasteiger partial charge < -0.3 is 0 Å². The van der Waals surface area contributed by atoms with Crippen molar-refractivity contribution in [2.45, 2.75) is 26.7 Å². The summed E-state index contributed by atoms with van der Waals surface area (Å²) in [6, 6.07) is 0. The molecule has 0 unspecified atom stereocenters. The van der Waals surface area contributed by atoms with Gasteiger partial charge in [-0.15, -0.1) is 0 Å². The molecule has 0 aliphatic carbocycles. The lowest BCUT2D eigenvalue weighted by Crippen LogP contribution is -1.65. The van der Waals surface area contributed by atoms with Crippen LogP contribution < -0.4 is 0 Å². The first-order valence-electron chi connectivity index (χ1n) is 3.85. The summed E-state index contributed by atoms with van der Waals surface area (Å²) in [5, 5.41) is 6.54. The second-order valence-corrected chi connectivity index (χ2v) is 1.91. The second kappa shape index (κ2) is 16.3. The lowest BCUT2D eigenvalue weighted by Gasteiger charge is -1.71. The summed E-state index contributed by atoms with van der Waals surface area (Å²) in [6.45, 7) is 5.18. The molecule has 0 aromatic rings. The third-order valence-electron chi connectivity index (χ3n) is 0.774. The average Bonchev–Trinajstić information content (AvgIpc) is 2.12. The smallest absolute Gasteiger partial charge is 0.0255 e. The van der Waals surface area contributed by atoms with Gasteiger partial charge in [-0.3, -0.25) is 0 Å². The molecule has 0 amide bonds. The van der Waals surface area contributed by atoms with E-state index in [0.29, 0.717) is 13.1 Å². The van der Waals surface area contributed by atoms with Crippen LogP contribution in [-0.4, -0.2) is 13.1 Å². The van der Waals surface area contributed by atoms with Crippen LogP contribution in [0, 0.1) is 0 Å². The van der Waals surface area contributed by atoms with Gasteiger partial charge in [0.1, 0.15) is 0 Å². The predicted octanol–water partition coefficient (Wildman–Crippen LogP) is 3.41. The second-order valence-electron chi connectivity index (χ2n) is 1.91. The topological polar surface area (TPSA) is 97.5 Å². The van der Waals surface area contributed by atoms with Crippen molar-refractivity contribution < 1.29 is 0 Å². The van der Waals surface area contributed by atoms with Crippen molar-refractivity contribution in [2.24, 2.45) is 10.2 Å². The Balaban J connectivity index is 0. The standard InChI is InChI=1S/2C3H7N3/c2*1-2-3-5-6-4/h2*2-3H2,1H3. The summed E-state index contributed by atoms with van der Waals surface area (Å²) in [5.74, 6) is 0. The largest absolute Gasteiger partial charge is 0.0940 e. The molecule has 0 bridgehead atoms. The SMILES string of the molecule is CCCN=[N+]=[N-].CCCN=[N+]=[N-]. The highest BCUT2D eigenvalue weighted by Crippen LogP contribution is 1.75. The molecule has 0 aromatic carbocycles. The summed E-state index contributed by atoms with van der Waals surface area (Å²) in [4.78, 5) is 5.10. The molecular formula is C6H14N6. The van der Waals surface area contributed by atoms with Crippen LogP contribution in [0.1, 0.15) is 26.7 Å². The summed E-state index contributed by atoms with van der Waals surface area (Å²) >= 11 is 0. The van der Waals surface area contributed by atoms with E-state index in [1.54, 1.807) is 0 Å². The van der Waals surface area contributed by atoms with Gasteiger partial charge in [-0.25, -0.2) is 0 Å². The normalized spacial score (nSPS) is 6.83. The summed E-state index contributed by atoms with van der Waals surface area (Å²) in [5.41, 5.74) is 15.3. The van der Waals surface area contributed by atoms with Crippen LogP contribution in [0.15, 0.2) is 10.2 Å². The van der Waals surface area contributed by atoms with E-state index in [1.165, 1.54) is 0 Å². The third kappa shape index (κ3) is 23.4. The van der Waals surface area contributed by atoms with Crippen molar-refractivity contribution in [3.8, 4) is 0 Å². The summed E-state index contributed by atoms with van der Waals surface area (Å²) in [7, 11) is 0. The van der Waals surface area contributed by atoms with Gasteiger partial charge in [-0.05, 0) is 11.1 Å². The first-order chi connectivity index (χ1) is 5.83. The molecule has 0 aromatic heterocycles. The molecule has 0 spiro atoms. The Hall–Kier alpha value is -1.38. The van der Waals surface area contributed by atoms with Crippen molar-refractivity contribution in [1.29, 1.82) is 0 Å². The molecule has 0 radical (unpaired) electrons. The number of nitrogens with zero attached hydrogens (tertiary/aromatic N) is 6. The van der Waals surface area contributed by atoms with Gasteiger partial charge in [-0.1, -0.05) is 36.9 Å². The summed E-state index contributed by atoms with van der Waals surface area (Å²) < 4.78 is 0. The molecule has 0 aliphatic rings. The van der Waals surface area contributed by atoms with Gasteiger partial charge in [0.25, 0.3) is 0 Å². The predicted molar refractivity (Wildman–Crippen MR) is 48.6 cm³/mol. The van der Waals surface area contributed by atoms with Gasteiger partial charge in [0.15, 0.2) is 0 Å². The van der Waals surface area contributed by atoms with Crippen LogP contribution in [0.25, 0.3) is 20.9 Å². The lowest BCUT2D eigenvalue weighted by molar-refractivity contribution is 0.922. The van der Waals surface area contributed by atoms with E-state index < -0.39 is 0 Å². The first kappa shape index (κ1) is 13.2. The maximum absolute atomic E-state index is 7.66. The van der Waals surface area contributed by atoms with Crippen LogP contribution >= 0.6 is 0 Å². The minimum atomic E-state index is 0.622. The quantitative estimate of drug-likeness (QED) is 0.351. The molecule has 12 heavy (non-hydrogen) atoms. The van der Waals surface area contributed by atoms with Crippen molar-refractivity contribution in [3.63, 3.8) is 0 Å². The van der Waals surface area contributed by atoms with E-state index in [-0.39, 0.29) is 0 Å². The zero-order chi connectivity index (χ0) is 9.66. The minimum Gasteiger partial charge on any atom is -0.0940 e. The lowest BCUT2D eigenvalue weighted by atomic mass is 10.5. The van der Waals surface area contributed by atoms with Crippen LogP contribution in [0.5, 0.6) is 0 Å². The molecule has 0 saturated heterocycles. The Kier molecular flexibility index (Phi) is 18.0. The highest BCUT2D eigenvalue weighted by Gasteiger charge is 1.66. The molecule has 0 N–H and O–H groups in total. The van der Waals surface area contributed by atoms with Crippen molar-refractivity contribution >= 4 is 0 Å². The molecule has 0 fully saturated rings. The molecule has 68 valence electrons. The van der Waals surface area contributed by atoms with Crippen LogP contribution in [-0.2, 0) is 0 Å². The maximum Gasteiger partial charge on any atom is 0.0255 e. The number of hydrogen-bond acceptors (Lipinski definition) is 2. The monoisotopic (exact) mass is 170 g/mol. The van der Waals surface area contributed by atoms with Gasteiger partial charge in [0.05, 0.1) is 0 Å². The Bertz CT molecular complexity index is 145. The minimum absolute atomic E-state index is 0.622. The molecule has 6 heteroatoms. The zero-order valence-electron chi connectivity index (χ0n) is 7.51. The fourth-order valence-corrected chi connectivity index (χ4v) is 0.289. The van der Waals surface area contributed by atoms with Crippen LogP contribution in [0.4, 0.5) is 0 Å². The molecule has 0 heterocycles. The highest BCUT2D eigenvalue weighted by molar-refractivity contribution is 4.41. The summed E-state index contributed by atoms with van der Waals surface area (Å²) in [6.07, 6.45) is 1.87. The van der Waals surface area contributed by atoms with E-state index in [1.807, 2.05) is 13.8 Å². The fourth-order valence-electron chi connectivity index (χ4n) is 0.289. The Morgan fingerprint density at radius 2 is 1.25 bits per heavy atom. The van der Waals surface area contributed by atoms with Crippen LogP contribution in [0.2, 0.25) is 0 Å². The fraction of sp³-hybridized carbons (Fsp3) is 1.00. The molecule has 0 rings (SSSR count). The molecule has 0 aliphatic heterocycles. The Labute approximate surface area is 71.8 Å². The first-order valence-corrected chi connectivity index (χ1v) is 3.85. The van der Waals surface area contributed by atoms with Crippen molar-refractivity contribution in [3.05, 3.63) is 20.9 Å². The van der Waals surface area contributed by atoms with Gasteiger partial charge in [0, 0.05) is 22.9 Å². The van der Waals surface area contributed by atoms with E-state index in [4.69, 9.17) is 11.1 Å². The number of azide groups is 2. The van der Waals surface area contributed by atoms with Crippen molar-refractivity contribution in [2.75, 3.05) is 13.1 Å². The number of rotatable bonds is 4. The maximum atomic E-state index is 7.66. The van der Waals surface area contributed by atoms with E-state index >= 15 is 0 Å². The van der Waals surface area contributed by atoms with Crippen LogP contribution in [0.3, 0.4) is 0 Å². The van der Waals surface area contributed by atoms with Crippen molar-refractivity contribution in [1.82, 2.24) is 0 Å².